The van der Waals surface area contributed by atoms with Gasteiger partial charge < -0.3 is 0 Å². The zero-order valence-corrected chi connectivity index (χ0v) is 15.2. The second kappa shape index (κ2) is 5.45. The van der Waals surface area contributed by atoms with Gasteiger partial charge in [-0.3, -0.25) is 0 Å². The van der Waals surface area contributed by atoms with Crippen LogP contribution in [0.3, 0.4) is 0 Å². The van der Waals surface area contributed by atoms with Crippen LogP contribution in [0.2, 0.25) is 0 Å². The maximum atomic E-state index is 3.63. The Morgan fingerprint density at radius 2 is 1.19 bits per heavy atom. The first kappa shape index (κ1) is 13.9. The van der Waals surface area contributed by atoms with Crippen molar-refractivity contribution in [1.29, 1.82) is 0 Å². The van der Waals surface area contributed by atoms with Gasteiger partial charge in [-0.2, -0.15) is 0 Å². The van der Waals surface area contributed by atoms with Crippen molar-refractivity contribution in [3.8, 4) is 0 Å². The first-order valence-corrected chi connectivity index (χ1v) is 9.25. The fourth-order valence-corrected chi connectivity index (χ4v) is 5.08. The number of benzene rings is 2. The van der Waals surface area contributed by atoms with Gasteiger partial charge >= 0.3 is 0 Å². The van der Waals surface area contributed by atoms with Gasteiger partial charge in [0.15, 0.2) is 0 Å². The first-order valence-electron chi connectivity index (χ1n) is 6.84. The number of allylic oxidation sites excluding steroid dienone is 2. The van der Waals surface area contributed by atoms with E-state index in [1.54, 1.807) is 0 Å². The van der Waals surface area contributed by atoms with E-state index in [0.717, 1.165) is 12.8 Å². The van der Waals surface area contributed by atoms with Crippen LogP contribution < -0.4 is 0 Å². The Kier molecular flexibility index (Phi) is 3.60. The van der Waals surface area contributed by atoms with Gasteiger partial charge in [0.2, 0.25) is 0 Å². The Balaban J connectivity index is 1.76. The molecule has 0 atom stereocenters. The van der Waals surface area contributed by atoms with Crippen LogP contribution in [0.15, 0.2) is 55.2 Å². The van der Waals surface area contributed by atoms with E-state index in [2.05, 4.69) is 80.4 Å². The Bertz CT molecular complexity index is 735. The molecule has 2 aromatic rings. The highest BCUT2D eigenvalue weighted by molar-refractivity contribution is 9.12. The van der Waals surface area contributed by atoms with Gasteiger partial charge in [-0.1, -0.05) is 67.9 Å². The van der Waals surface area contributed by atoms with Crippen LogP contribution in [0.25, 0.3) is 12.2 Å². The van der Waals surface area contributed by atoms with E-state index >= 15 is 0 Å². The summed E-state index contributed by atoms with van der Waals surface area (Å²) < 4.78 is 2.54. The van der Waals surface area contributed by atoms with Gasteiger partial charge in [0, 0.05) is 31.6 Å². The number of hydrogen-bond acceptors (Lipinski definition) is 1. The maximum absolute atomic E-state index is 3.63. The largest absolute Gasteiger partial charge is 0.0888 e. The third-order valence-electron chi connectivity index (χ3n) is 3.85. The monoisotopic (exact) mass is 418 g/mol. The molecule has 0 bridgehead atoms. The minimum absolute atomic E-state index is 1.02. The smallest absolute Gasteiger partial charge is 0.0198 e. The summed E-state index contributed by atoms with van der Waals surface area (Å²) in [7, 11) is 0. The van der Waals surface area contributed by atoms with Crippen LogP contribution in [0, 0.1) is 0 Å². The second-order valence-corrected chi connectivity index (χ2v) is 8.42. The molecule has 4 rings (SSSR count). The zero-order valence-electron chi connectivity index (χ0n) is 11.2. The van der Waals surface area contributed by atoms with Crippen LogP contribution >= 0.6 is 43.6 Å². The highest BCUT2D eigenvalue weighted by Gasteiger charge is 2.18. The van der Waals surface area contributed by atoms with E-state index in [1.807, 2.05) is 11.8 Å². The quantitative estimate of drug-likeness (QED) is 0.540. The molecule has 0 aliphatic heterocycles. The van der Waals surface area contributed by atoms with E-state index in [4.69, 9.17) is 0 Å². The van der Waals surface area contributed by atoms with E-state index in [0.29, 0.717) is 0 Å². The summed E-state index contributed by atoms with van der Waals surface area (Å²) in [6.07, 6.45) is 6.54. The number of rotatable bonds is 2. The van der Waals surface area contributed by atoms with Crippen molar-refractivity contribution in [2.75, 3.05) is 0 Å². The van der Waals surface area contributed by atoms with E-state index in [-0.39, 0.29) is 0 Å². The number of fused-ring (bicyclic) bond motifs is 2. The van der Waals surface area contributed by atoms with Gasteiger partial charge in [0.25, 0.3) is 0 Å². The molecule has 0 saturated heterocycles. The predicted octanol–water partition coefficient (Wildman–Crippen LogP) is 6.42. The molecule has 2 aromatic carbocycles. The fourth-order valence-electron chi connectivity index (χ4n) is 2.89. The van der Waals surface area contributed by atoms with Crippen molar-refractivity contribution >= 4 is 55.8 Å². The summed E-state index contributed by atoms with van der Waals surface area (Å²) in [4.78, 5) is 2.68. The average Bonchev–Trinajstić information content (AvgIpc) is 3.01. The fraction of sp³-hybridized carbons (Fsp3) is 0.111. The molecule has 0 saturated carbocycles. The third-order valence-corrected chi connectivity index (χ3v) is 6.02. The molecule has 2 aliphatic rings. The molecular weight excluding hydrogens is 408 g/mol. The lowest BCUT2D eigenvalue weighted by Gasteiger charge is -2.10. The van der Waals surface area contributed by atoms with Gasteiger partial charge in [0.1, 0.15) is 0 Å². The Hall–Kier alpha value is -0.770. The van der Waals surface area contributed by atoms with Gasteiger partial charge in [0.05, 0.1) is 0 Å². The van der Waals surface area contributed by atoms with E-state index < -0.39 is 0 Å². The summed E-state index contributed by atoms with van der Waals surface area (Å²) >= 11 is 9.14. The molecule has 0 aromatic heterocycles. The Morgan fingerprint density at radius 1 is 0.714 bits per heavy atom. The van der Waals surface area contributed by atoms with E-state index in [9.17, 15) is 0 Å². The molecule has 0 fully saturated rings. The molecule has 21 heavy (non-hydrogen) atoms. The normalized spacial score (nSPS) is 15.5. The summed E-state index contributed by atoms with van der Waals surface area (Å²) in [5, 5.41) is 0. The molecule has 2 aliphatic carbocycles. The SMILES string of the molecule is BrC1=Cc2c(cccc2Sc2cccc3c2C=C(Br)C3)C1. The van der Waals surface area contributed by atoms with Crippen molar-refractivity contribution in [1.82, 2.24) is 0 Å². The summed E-state index contributed by atoms with van der Waals surface area (Å²) in [6, 6.07) is 13.2. The molecule has 0 heterocycles. The lowest BCUT2D eigenvalue weighted by Crippen LogP contribution is -1.88. The minimum atomic E-state index is 1.02. The lowest BCUT2D eigenvalue weighted by molar-refractivity contribution is 1.24. The topological polar surface area (TPSA) is 0 Å². The van der Waals surface area contributed by atoms with Gasteiger partial charge in [-0.25, -0.2) is 0 Å². The number of hydrogen-bond donors (Lipinski definition) is 0. The molecule has 0 N–H and O–H groups in total. The summed E-state index contributed by atoms with van der Waals surface area (Å²) in [5.41, 5.74) is 5.56. The average molecular weight is 420 g/mol. The maximum Gasteiger partial charge on any atom is 0.0198 e. The van der Waals surface area contributed by atoms with Gasteiger partial charge in [-0.15, -0.1) is 0 Å². The van der Waals surface area contributed by atoms with Crippen molar-refractivity contribution in [2.24, 2.45) is 0 Å². The molecule has 104 valence electrons. The second-order valence-electron chi connectivity index (χ2n) is 5.30. The third kappa shape index (κ3) is 2.56. The van der Waals surface area contributed by atoms with Crippen molar-refractivity contribution in [2.45, 2.75) is 22.6 Å². The molecule has 0 unspecified atom stereocenters. The molecule has 0 radical (unpaired) electrons. The van der Waals surface area contributed by atoms with Crippen molar-refractivity contribution < 1.29 is 0 Å². The summed E-state index contributed by atoms with van der Waals surface area (Å²) in [5.74, 6) is 0. The van der Waals surface area contributed by atoms with Crippen LogP contribution in [0.4, 0.5) is 0 Å². The summed E-state index contributed by atoms with van der Waals surface area (Å²) in [6.45, 7) is 0. The van der Waals surface area contributed by atoms with E-state index in [1.165, 1.54) is 41.0 Å². The van der Waals surface area contributed by atoms with Crippen LogP contribution in [0.5, 0.6) is 0 Å². The standard InChI is InChI=1S/C18H12Br2S/c19-13-7-11-3-1-5-17(15(11)9-13)21-18-6-2-4-12-8-14(20)10-16(12)18/h1-6,9-10H,7-8H2. The van der Waals surface area contributed by atoms with Crippen LogP contribution in [-0.2, 0) is 12.8 Å². The first-order chi connectivity index (χ1) is 10.2. The Labute approximate surface area is 145 Å². The van der Waals surface area contributed by atoms with Crippen LogP contribution in [-0.4, -0.2) is 0 Å². The minimum Gasteiger partial charge on any atom is -0.0888 e. The molecule has 0 nitrogen and oxygen atoms in total. The number of halogens is 2. The van der Waals surface area contributed by atoms with Crippen molar-refractivity contribution in [3.05, 3.63) is 67.6 Å². The van der Waals surface area contributed by atoms with Crippen LogP contribution in [0.1, 0.15) is 22.3 Å². The predicted molar refractivity (Wildman–Crippen MR) is 98.2 cm³/mol. The molecule has 3 heteroatoms. The Morgan fingerprint density at radius 3 is 1.67 bits per heavy atom. The highest BCUT2D eigenvalue weighted by atomic mass is 79.9. The highest BCUT2D eigenvalue weighted by Crippen LogP contribution is 2.42. The molecule has 0 spiro atoms. The van der Waals surface area contributed by atoms with Gasteiger partial charge in [-0.05, 0) is 46.5 Å². The molecule has 0 amide bonds. The van der Waals surface area contributed by atoms with Crippen molar-refractivity contribution in [3.63, 3.8) is 0 Å². The molecular formula is C18H12Br2S. The lowest BCUT2D eigenvalue weighted by atomic mass is 10.1. The zero-order chi connectivity index (χ0) is 14.4.